The van der Waals surface area contributed by atoms with Gasteiger partial charge in [-0.05, 0) is 48.6 Å². The van der Waals surface area contributed by atoms with Crippen LogP contribution in [-0.4, -0.2) is 73.1 Å². The second-order valence-corrected chi connectivity index (χ2v) is 11.9. The number of H-pyrrole nitrogens is 2. The van der Waals surface area contributed by atoms with Gasteiger partial charge in [0.05, 0.1) is 0 Å². The van der Waals surface area contributed by atoms with E-state index in [0.29, 0.717) is 13.1 Å². The Morgan fingerprint density at radius 3 is 1.09 bits per heavy atom. The van der Waals surface area contributed by atoms with Gasteiger partial charge in [0.15, 0.2) is 45.8 Å². The topological polar surface area (TPSA) is 185 Å². The molecule has 7 aliphatic rings. The molecular formula is C32H36N6O8. The summed E-state index contributed by atoms with van der Waals surface area (Å²) in [7, 11) is 0. The summed E-state index contributed by atoms with van der Waals surface area (Å²) in [6.45, 7) is 2.47. The summed E-state index contributed by atoms with van der Waals surface area (Å²) in [5, 5.41) is 11.7. The Morgan fingerprint density at radius 2 is 0.761 bits per heavy atom. The van der Waals surface area contributed by atoms with Crippen LogP contribution in [0.15, 0.2) is 24.3 Å². The van der Waals surface area contributed by atoms with Crippen molar-refractivity contribution in [2.75, 3.05) is 39.5 Å². The number of benzene rings is 1. The number of amides is 4. The van der Waals surface area contributed by atoms with Gasteiger partial charge in [-0.25, -0.2) is 0 Å². The van der Waals surface area contributed by atoms with Crippen molar-refractivity contribution in [2.24, 2.45) is 11.8 Å². The molecule has 14 nitrogen and oxygen atoms in total. The van der Waals surface area contributed by atoms with Crippen molar-refractivity contribution in [3.05, 3.63) is 58.2 Å². The minimum atomic E-state index is -0.427. The number of hydrogen-bond acceptors (Lipinski definition) is 8. The van der Waals surface area contributed by atoms with Crippen LogP contribution in [0.3, 0.4) is 0 Å². The maximum Gasteiger partial charge on any atom is 0.272 e. The van der Waals surface area contributed by atoms with E-state index in [1.165, 1.54) is 0 Å². The molecule has 8 bridgehead atoms. The lowest BCUT2D eigenvalue weighted by molar-refractivity contribution is 0.0909. The van der Waals surface area contributed by atoms with Crippen molar-refractivity contribution in [3.63, 3.8) is 0 Å². The summed E-state index contributed by atoms with van der Waals surface area (Å²) in [6.07, 6.45) is 3.54. The summed E-state index contributed by atoms with van der Waals surface area (Å²) < 4.78 is 23.0. The highest BCUT2D eigenvalue weighted by molar-refractivity contribution is 6.04. The Bertz CT molecular complexity index is 1530. The number of hydrogen-bond donors (Lipinski definition) is 6. The van der Waals surface area contributed by atoms with Crippen molar-refractivity contribution < 1.29 is 38.1 Å². The van der Waals surface area contributed by atoms with Crippen LogP contribution in [0.2, 0.25) is 0 Å². The number of aromatic nitrogens is 2. The first kappa shape index (κ1) is 29.6. The molecule has 8 heterocycles. The van der Waals surface area contributed by atoms with E-state index in [9.17, 15) is 19.2 Å². The van der Waals surface area contributed by atoms with E-state index in [4.69, 9.17) is 18.9 Å². The van der Waals surface area contributed by atoms with Crippen LogP contribution in [-0.2, 0) is 13.1 Å². The SMILES string of the molecule is O=C1NCc2ccc(cc2)CNC(=O)c2[nH]c(c3c2OCCO3)C(=O)NCC2CCC(CC2)CNC(=O)c2[nH]c1c1c2OCCO1. The molecular weight excluding hydrogens is 596 g/mol. The molecule has 6 aliphatic heterocycles. The lowest BCUT2D eigenvalue weighted by atomic mass is 9.82. The molecule has 0 atom stereocenters. The number of carbonyl (C=O) groups is 4. The highest BCUT2D eigenvalue weighted by Gasteiger charge is 2.33. The zero-order valence-corrected chi connectivity index (χ0v) is 25.2. The van der Waals surface area contributed by atoms with E-state index < -0.39 is 11.8 Å². The number of aromatic amines is 2. The first-order chi connectivity index (χ1) is 22.4. The predicted molar refractivity (Wildman–Crippen MR) is 162 cm³/mol. The summed E-state index contributed by atoms with van der Waals surface area (Å²) in [5.41, 5.74) is 2.24. The summed E-state index contributed by atoms with van der Waals surface area (Å²) in [5.74, 6) is -0.0959. The first-order valence-corrected chi connectivity index (χ1v) is 15.7. The van der Waals surface area contributed by atoms with Crippen LogP contribution in [0.5, 0.6) is 23.0 Å². The molecule has 3 aromatic rings. The monoisotopic (exact) mass is 632 g/mol. The van der Waals surface area contributed by atoms with Gasteiger partial charge >= 0.3 is 0 Å². The zero-order chi connectivity index (χ0) is 31.6. The Kier molecular flexibility index (Phi) is 8.16. The van der Waals surface area contributed by atoms with E-state index in [-0.39, 0.29) is 109 Å². The van der Waals surface area contributed by atoms with Gasteiger partial charge in [0.25, 0.3) is 23.6 Å². The van der Waals surface area contributed by atoms with Gasteiger partial charge in [-0.2, -0.15) is 0 Å². The number of ether oxygens (including phenoxy) is 4. The Labute approximate surface area is 264 Å². The van der Waals surface area contributed by atoms with E-state index in [1.807, 2.05) is 24.3 Å². The van der Waals surface area contributed by atoms with Crippen LogP contribution >= 0.6 is 0 Å². The molecule has 14 heteroatoms. The molecule has 1 fully saturated rings. The lowest BCUT2D eigenvalue weighted by Gasteiger charge is -2.28. The number of nitrogens with one attached hydrogen (secondary N) is 6. The minimum Gasteiger partial charge on any atom is -0.484 e. The maximum absolute atomic E-state index is 13.2. The minimum absolute atomic E-state index is 0.132. The quantitative estimate of drug-likeness (QED) is 0.217. The van der Waals surface area contributed by atoms with E-state index in [1.54, 1.807) is 0 Å². The fourth-order valence-corrected chi connectivity index (χ4v) is 6.30. The second-order valence-electron chi connectivity index (χ2n) is 11.9. The van der Waals surface area contributed by atoms with Gasteiger partial charge < -0.3 is 50.2 Å². The van der Waals surface area contributed by atoms with Gasteiger partial charge in [-0.3, -0.25) is 19.2 Å². The number of rotatable bonds is 0. The van der Waals surface area contributed by atoms with Crippen molar-refractivity contribution in [3.8, 4) is 23.0 Å². The standard InChI is InChI=1S/C32H36N6O8/c39-29-21-25-27(45-10-9-43-25)23(37-21)31(41)35-15-19-5-7-20(8-6-19)16-36-32(42)24-28-26(44-11-12-46-28)22(38-24)30(40)34-14-18-2-1-17(3-4-18)13-33-29/h1-4,19-20,37-38H,5-16H2,(H,33,39)(H,34,40)(H,35,41)(H,36,42). The molecule has 6 N–H and O–H groups in total. The molecule has 10 rings (SSSR count). The average molecular weight is 633 g/mol. The van der Waals surface area contributed by atoms with E-state index in [2.05, 4.69) is 31.2 Å². The smallest absolute Gasteiger partial charge is 0.272 e. The molecule has 1 aromatic carbocycles. The second kappa shape index (κ2) is 12.7. The zero-order valence-electron chi connectivity index (χ0n) is 25.2. The lowest BCUT2D eigenvalue weighted by Crippen LogP contribution is -2.35. The van der Waals surface area contributed by atoms with Crippen molar-refractivity contribution in [1.82, 2.24) is 31.2 Å². The van der Waals surface area contributed by atoms with Crippen LogP contribution in [0.25, 0.3) is 0 Å². The normalized spacial score (nSPS) is 22.0. The molecule has 0 spiro atoms. The molecule has 1 saturated carbocycles. The van der Waals surface area contributed by atoms with Crippen LogP contribution in [0.1, 0.15) is 78.8 Å². The Morgan fingerprint density at radius 1 is 0.457 bits per heavy atom. The van der Waals surface area contributed by atoms with Gasteiger partial charge in [0.1, 0.15) is 26.4 Å². The molecule has 4 amide bonds. The fraction of sp³-hybridized carbons (Fsp3) is 0.438. The van der Waals surface area contributed by atoms with Gasteiger partial charge in [-0.15, -0.1) is 0 Å². The number of fused-ring (bicyclic) bond motifs is 2. The average Bonchev–Trinajstić information content (AvgIpc) is 3.68. The van der Waals surface area contributed by atoms with Crippen LogP contribution in [0.4, 0.5) is 0 Å². The maximum atomic E-state index is 13.2. The fourth-order valence-electron chi connectivity index (χ4n) is 6.30. The highest BCUT2D eigenvalue weighted by atomic mass is 16.6. The third-order valence-electron chi connectivity index (χ3n) is 8.88. The summed E-state index contributed by atoms with van der Waals surface area (Å²) in [6, 6.07) is 7.38. The largest absolute Gasteiger partial charge is 0.484 e. The molecule has 1 aliphatic carbocycles. The highest BCUT2D eigenvalue weighted by Crippen LogP contribution is 2.39. The van der Waals surface area contributed by atoms with E-state index in [0.717, 1.165) is 36.8 Å². The van der Waals surface area contributed by atoms with Crippen LogP contribution in [0, 0.1) is 11.8 Å². The van der Waals surface area contributed by atoms with Gasteiger partial charge in [0, 0.05) is 26.2 Å². The van der Waals surface area contributed by atoms with Gasteiger partial charge in [-0.1, -0.05) is 24.3 Å². The van der Waals surface area contributed by atoms with Crippen molar-refractivity contribution >= 4 is 23.6 Å². The molecule has 0 saturated heterocycles. The van der Waals surface area contributed by atoms with Gasteiger partial charge in [0.2, 0.25) is 0 Å². The van der Waals surface area contributed by atoms with Crippen LogP contribution < -0.4 is 40.2 Å². The molecule has 2 aromatic heterocycles. The Balaban J connectivity index is 1.12. The molecule has 46 heavy (non-hydrogen) atoms. The summed E-state index contributed by atoms with van der Waals surface area (Å²) in [4.78, 5) is 58.7. The van der Waals surface area contributed by atoms with Crippen molar-refractivity contribution in [2.45, 2.75) is 38.8 Å². The first-order valence-electron chi connectivity index (χ1n) is 15.7. The Hall–Kier alpha value is -5.14. The summed E-state index contributed by atoms with van der Waals surface area (Å²) >= 11 is 0. The molecule has 242 valence electrons. The van der Waals surface area contributed by atoms with E-state index >= 15 is 0 Å². The molecule has 0 unspecified atom stereocenters. The third-order valence-corrected chi connectivity index (χ3v) is 8.88. The third kappa shape index (κ3) is 5.94. The van der Waals surface area contributed by atoms with Crippen molar-refractivity contribution in [1.29, 1.82) is 0 Å². The predicted octanol–water partition coefficient (Wildman–Crippen LogP) is 2.02. The number of carbonyl (C=O) groups excluding carboxylic acids is 4. The molecule has 0 radical (unpaired) electrons.